The second-order valence-electron chi connectivity index (χ2n) is 8.11. The summed E-state index contributed by atoms with van der Waals surface area (Å²) >= 11 is 0. The van der Waals surface area contributed by atoms with Crippen LogP contribution in [0.2, 0.25) is 0 Å². The molecule has 2 fully saturated rings. The molecule has 0 saturated carbocycles. The first-order valence-electron chi connectivity index (χ1n) is 9.63. The maximum Gasteiger partial charge on any atom is 0.309 e. The van der Waals surface area contributed by atoms with E-state index in [2.05, 4.69) is 0 Å². The number of carbonyl (C=O) groups excluding carboxylic acids is 3. The topological polar surface area (TPSA) is 119 Å². The SMILES string of the molecule is C[C@@H]1C[C@@H](O)[C@@H](C)[C@]2(O1)O[C@@H]1CC(=O)O[C@@H]1C1=C2C(=O)c2c(O)cccc2C1=O. The first-order valence-corrected chi connectivity index (χ1v) is 9.63. The Kier molecular flexibility index (Phi) is 3.81. The van der Waals surface area contributed by atoms with E-state index in [0.717, 1.165) is 0 Å². The third kappa shape index (κ3) is 2.33. The molecular formula is C21H20O8. The van der Waals surface area contributed by atoms with Crippen LogP contribution < -0.4 is 0 Å². The van der Waals surface area contributed by atoms with Crippen LogP contribution in [0.15, 0.2) is 29.3 Å². The molecule has 0 unspecified atom stereocenters. The van der Waals surface area contributed by atoms with Crippen molar-refractivity contribution in [2.75, 3.05) is 0 Å². The third-order valence-electron chi connectivity index (χ3n) is 6.30. The number of rotatable bonds is 0. The highest BCUT2D eigenvalue weighted by Gasteiger charge is 2.63. The van der Waals surface area contributed by atoms with Gasteiger partial charge in [0.25, 0.3) is 0 Å². The molecule has 1 aromatic rings. The van der Waals surface area contributed by atoms with Crippen molar-refractivity contribution >= 4 is 17.5 Å². The molecular weight excluding hydrogens is 380 g/mol. The van der Waals surface area contributed by atoms with Gasteiger partial charge in [-0.3, -0.25) is 14.4 Å². The highest BCUT2D eigenvalue weighted by Crippen LogP contribution is 2.52. The zero-order chi connectivity index (χ0) is 20.7. The number of hydrogen-bond donors (Lipinski definition) is 2. The van der Waals surface area contributed by atoms with E-state index in [1.54, 1.807) is 13.8 Å². The maximum absolute atomic E-state index is 13.6. The first kappa shape index (κ1) is 18.5. The van der Waals surface area contributed by atoms with Crippen molar-refractivity contribution in [3.8, 4) is 5.75 Å². The first-order chi connectivity index (χ1) is 13.7. The molecule has 152 valence electrons. The second-order valence-corrected chi connectivity index (χ2v) is 8.11. The van der Waals surface area contributed by atoms with Gasteiger partial charge in [-0.25, -0.2) is 0 Å². The van der Waals surface area contributed by atoms with Crippen molar-refractivity contribution in [1.82, 2.24) is 0 Å². The molecule has 8 nitrogen and oxygen atoms in total. The van der Waals surface area contributed by atoms with Gasteiger partial charge in [-0.2, -0.15) is 0 Å². The average molecular weight is 400 g/mol. The van der Waals surface area contributed by atoms with Crippen LogP contribution in [-0.4, -0.2) is 58.0 Å². The van der Waals surface area contributed by atoms with Gasteiger partial charge in [0.15, 0.2) is 17.7 Å². The van der Waals surface area contributed by atoms with Crippen molar-refractivity contribution in [2.24, 2.45) is 5.92 Å². The Hall–Kier alpha value is -2.55. The molecule has 0 aromatic heterocycles. The van der Waals surface area contributed by atoms with E-state index >= 15 is 0 Å². The lowest BCUT2D eigenvalue weighted by molar-refractivity contribution is -0.319. The van der Waals surface area contributed by atoms with E-state index in [0.29, 0.717) is 6.42 Å². The Morgan fingerprint density at radius 1 is 1.10 bits per heavy atom. The largest absolute Gasteiger partial charge is 0.507 e. The summed E-state index contributed by atoms with van der Waals surface area (Å²) in [4.78, 5) is 39.0. The molecule has 1 aliphatic carbocycles. The summed E-state index contributed by atoms with van der Waals surface area (Å²) < 4.78 is 17.6. The minimum absolute atomic E-state index is 0.0170. The van der Waals surface area contributed by atoms with Gasteiger partial charge in [0.1, 0.15) is 11.9 Å². The molecule has 6 atom stereocenters. The minimum Gasteiger partial charge on any atom is -0.507 e. The fourth-order valence-corrected chi connectivity index (χ4v) is 4.93. The predicted molar refractivity (Wildman–Crippen MR) is 96.2 cm³/mol. The molecule has 0 bridgehead atoms. The maximum atomic E-state index is 13.6. The number of benzene rings is 1. The number of hydrogen-bond acceptors (Lipinski definition) is 8. The van der Waals surface area contributed by atoms with Crippen LogP contribution in [0, 0.1) is 5.92 Å². The highest BCUT2D eigenvalue weighted by molar-refractivity contribution is 6.29. The quantitative estimate of drug-likeness (QED) is 0.625. The molecule has 3 heterocycles. The zero-order valence-electron chi connectivity index (χ0n) is 15.9. The summed E-state index contributed by atoms with van der Waals surface area (Å²) in [7, 11) is 0. The minimum atomic E-state index is -1.71. The monoisotopic (exact) mass is 400 g/mol. The number of phenols is 1. The number of esters is 1. The van der Waals surface area contributed by atoms with Gasteiger partial charge >= 0.3 is 5.97 Å². The molecule has 4 aliphatic rings. The van der Waals surface area contributed by atoms with Crippen LogP contribution in [0.5, 0.6) is 5.75 Å². The number of phenolic OH excluding ortho intramolecular Hbond substituents is 1. The highest BCUT2D eigenvalue weighted by atomic mass is 16.7. The van der Waals surface area contributed by atoms with Crippen LogP contribution in [-0.2, 0) is 19.0 Å². The number of carbonyl (C=O) groups is 3. The summed E-state index contributed by atoms with van der Waals surface area (Å²) in [5, 5.41) is 20.9. The van der Waals surface area contributed by atoms with E-state index in [4.69, 9.17) is 14.2 Å². The fraction of sp³-hybridized carbons (Fsp3) is 0.476. The second kappa shape index (κ2) is 5.98. The Balaban J connectivity index is 1.80. The lowest BCUT2D eigenvalue weighted by Crippen LogP contribution is -2.62. The van der Waals surface area contributed by atoms with Gasteiger partial charge in [-0.05, 0) is 19.4 Å². The summed E-state index contributed by atoms with van der Waals surface area (Å²) in [5.74, 6) is -4.41. The molecule has 29 heavy (non-hydrogen) atoms. The van der Waals surface area contributed by atoms with E-state index in [-0.39, 0.29) is 34.4 Å². The van der Waals surface area contributed by atoms with Crippen LogP contribution in [0.25, 0.3) is 0 Å². The molecule has 3 aliphatic heterocycles. The Morgan fingerprint density at radius 2 is 1.86 bits per heavy atom. The van der Waals surface area contributed by atoms with Crippen LogP contribution >= 0.6 is 0 Å². The van der Waals surface area contributed by atoms with Crippen LogP contribution in [0.1, 0.15) is 47.4 Å². The Bertz CT molecular complexity index is 994. The Morgan fingerprint density at radius 3 is 2.62 bits per heavy atom. The van der Waals surface area contributed by atoms with E-state index < -0.39 is 53.7 Å². The van der Waals surface area contributed by atoms with Gasteiger partial charge in [0.2, 0.25) is 5.79 Å². The summed E-state index contributed by atoms with van der Waals surface area (Å²) in [6.45, 7) is 3.42. The number of Topliss-reactive ketones (excluding diaryl/α,β-unsaturated/α-hetero) is 2. The number of aliphatic hydroxyl groups is 1. The zero-order valence-corrected chi connectivity index (χ0v) is 15.9. The summed E-state index contributed by atoms with van der Waals surface area (Å²) in [5.41, 5.74) is -0.163. The molecule has 0 amide bonds. The van der Waals surface area contributed by atoms with Crippen molar-refractivity contribution in [3.63, 3.8) is 0 Å². The smallest absolute Gasteiger partial charge is 0.309 e. The van der Waals surface area contributed by atoms with Crippen molar-refractivity contribution in [1.29, 1.82) is 0 Å². The van der Waals surface area contributed by atoms with Crippen molar-refractivity contribution < 1.29 is 38.8 Å². The van der Waals surface area contributed by atoms with Gasteiger partial charge in [-0.1, -0.05) is 19.1 Å². The fourth-order valence-electron chi connectivity index (χ4n) is 4.93. The summed E-state index contributed by atoms with van der Waals surface area (Å²) in [6.07, 6.45) is -2.90. The van der Waals surface area contributed by atoms with E-state index in [1.807, 2.05) is 0 Å². The standard InChI is InChI=1S/C21H20O8/c1-8-6-12(23)9(2)21(28-8)17-16(20-13(29-21)7-14(24)27-20)18(25)10-4-3-5-11(22)15(10)19(17)26/h3-5,8-9,12-13,20,22-23H,6-7H2,1-2H3/t8-,9-,12-,13-,20+,21+/m1/s1. The summed E-state index contributed by atoms with van der Waals surface area (Å²) in [6, 6.07) is 4.26. The van der Waals surface area contributed by atoms with Gasteiger partial charge < -0.3 is 24.4 Å². The van der Waals surface area contributed by atoms with Gasteiger partial charge in [0.05, 0.1) is 35.3 Å². The molecule has 5 rings (SSSR count). The van der Waals surface area contributed by atoms with E-state index in [9.17, 15) is 24.6 Å². The molecule has 8 heteroatoms. The van der Waals surface area contributed by atoms with Gasteiger partial charge in [0, 0.05) is 11.5 Å². The van der Waals surface area contributed by atoms with E-state index in [1.165, 1.54) is 18.2 Å². The molecule has 2 saturated heterocycles. The number of aliphatic hydroxyl groups excluding tert-OH is 1. The molecule has 1 spiro atoms. The number of fused-ring (bicyclic) bond motifs is 4. The third-order valence-corrected chi connectivity index (χ3v) is 6.30. The Labute approximate surface area is 166 Å². The number of ether oxygens (including phenoxy) is 3. The lowest BCUT2D eigenvalue weighted by Gasteiger charge is -2.52. The van der Waals surface area contributed by atoms with Crippen LogP contribution in [0.4, 0.5) is 0 Å². The molecule has 0 radical (unpaired) electrons. The molecule has 1 aromatic carbocycles. The molecule has 2 N–H and O–H groups in total. The van der Waals surface area contributed by atoms with Crippen LogP contribution in [0.3, 0.4) is 0 Å². The van der Waals surface area contributed by atoms with Crippen molar-refractivity contribution in [2.45, 2.75) is 56.9 Å². The number of ketones is 2. The predicted octanol–water partition coefficient (Wildman–Crippen LogP) is 1.28. The van der Waals surface area contributed by atoms with Gasteiger partial charge in [-0.15, -0.1) is 0 Å². The lowest BCUT2D eigenvalue weighted by atomic mass is 9.70. The average Bonchev–Trinajstić information content (AvgIpc) is 3.02. The normalized spacial score (nSPS) is 38.6. The van der Waals surface area contributed by atoms with Crippen molar-refractivity contribution in [3.05, 3.63) is 40.5 Å². The number of aromatic hydroxyl groups is 1.